The Morgan fingerprint density at radius 3 is 2.83 bits per heavy atom. The lowest BCUT2D eigenvalue weighted by atomic mass is 10.1. The van der Waals surface area contributed by atoms with Crippen molar-refractivity contribution in [2.75, 3.05) is 6.54 Å². The number of pyridine rings is 1. The average molecular weight is 408 g/mol. The van der Waals surface area contributed by atoms with Gasteiger partial charge in [-0.15, -0.1) is 0 Å². The van der Waals surface area contributed by atoms with Crippen LogP contribution in [-0.4, -0.2) is 33.4 Å². The summed E-state index contributed by atoms with van der Waals surface area (Å²) in [5.74, 6) is 0.0277. The molecule has 0 spiro atoms. The molecule has 1 aliphatic heterocycles. The molecule has 30 heavy (non-hydrogen) atoms. The van der Waals surface area contributed by atoms with E-state index < -0.39 is 6.09 Å². The van der Waals surface area contributed by atoms with Crippen molar-refractivity contribution in [3.63, 3.8) is 0 Å². The Hall–Kier alpha value is -3.68. The van der Waals surface area contributed by atoms with Gasteiger partial charge in [0.25, 0.3) is 5.91 Å². The maximum Gasteiger partial charge on any atom is 0.410 e. The zero-order chi connectivity index (χ0) is 20.8. The molecule has 8 nitrogen and oxygen atoms in total. The second-order valence-corrected chi connectivity index (χ2v) is 7.00. The molecule has 0 aliphatic carbocycles. The molecule has 1 N–H and O–H groups in total. The number of likely N-dealkylation sites (tertiary alicyclic amines) is 1. The first-order valence-electron chi connectivity index (χ1n) is 9.80. The fraction of sp³-hybridized carbons (Fsp3) is 0.273. The topological polar surface area (TPSA) is 97.6 Å². The van der Waals surface area contributed by atoms with E-state index in [0.29, 0.717) is 25.3 Å². The molecular weight excluding hydrogens is 384 g/mol. The molecule has 1 aromatic carbocycles. The maximum atomic E-state index is 12.7. The summed E-state index contributed by atoms with van der Waals surface area (Å²) in [6, 6.07) is 12.8. The Morgan fingerprint density at radius 2 is 2.03 bits per heavy atom. The highest BCUT2D eigenvalue weighted by atomic mass is 16.6. The number of rotatable bonds is 6. The summed E-state index contributed by atoms with van der Waals surface area (Å²) in [6.07, 6.45) is 5.64. The average Bonchev–Trinajstić information content (AvgIpc) is 3.46. The lowest BCUT2D eigenvalue weighted by Crippen LogP contribution is -2.32. The van der Waals surface area contributed by atoms with E-state index in [9.17, 15) is 9.59 Å². The van der Waals surface area contributed by atoms with Crippen LogP contribution in [-0.2, 0) is 17.9 Å². The van der Waals surface area contributed by atoms with Crippen LogP contribution in [0, 0.1) is 0 Å². The number of carbonyl (C=O) groups is 2. The monoisotopic (exact) mass is 408 g/mol. The number of hydrogen-bond donors (Lipinski definition) is 1. The molecule has 1 fully saturated rings. The first kappa shape index (κ1) is 19.6. The molecule has 2 amide bonds. The van der Waals surface area contributed by atoms with Crippen molar-refractivity contribution >= 4 is 12.0 Å². The van der Waals surface area contributed by atoms with E-state index in [1.165, 1.54) is 6.39 Å². The van der Waals surface area contributed by atoms with Crippen molar-refractivity contribution in [3.05, 3.63) is 83.8 Å². The number of amides is 2. The summed E-state index contributed by atoms with van der Waals surface area (Å²) in [5.41, 5.74) is 1.98. The van der Waals surface area contributed by atoms with Gasteiger partial charge in [-0.1, -0.05) is 36.4 Å². The Balaban J connectivity index is 0.00000272. The number of aromatic nitrogens is 2. The van der Waals surface area contributed by atoms with Crippen molar-refractivity contribution in [3.8, 4) is 0 Å². The minimum Gasteiger partial charge on any atom is -0.445 e. The van der Waals surface area contributed by atoms with Crippen LogP contribution in [0.5, 0.6) is 0 Å². The van der Waals surface area contributed by atoms with Crippen LogP contribution in [0.4, 0.5) is 4.79 Å². The van der Waals surface area contributed by atoms with Crippen molar-refractivity contribution < 1.29 is 20.2 Å². The number of carbonyl (C=O) groups excluding carboxylic acids is 2. The maximum absolute atomic E-state index is 12.7. The lowest BCUT2D eigenvalue weighted by Gasteiger charge is -2.23. The summed E-state index contributed by atoms with van der Waals surface area (Å²) >= 11 is 0. The number of ether oxygens (including phenoxy) is 1. The van der Waals surface area contributed by atoms with Crippen molar-refractivity contribution in [2.45, 2.75) is 32.0 Å². The molecule has 0 bridgehead atoms. The molecule has 8 heteroatoms. The van der Waals surface area contributed by atoms with Gasteiger partial charge in [-0.2, -0.15) is 0 Å². The van der Waals surface area contributed by atoms with Gasteiger partial charge in [-0.05, 0) is 30.0 Å². The molecule has 0 saturated carbocycles. The fourth-order valence-corrected chi connectivity index (χ4v) is 3.49. The third-order valence-corrected chi connectivity index (χ3v) is 4.98. The largest absolute Gasteiger partial charge is 0.445 e. The van der Waals surface area contributed by atoms with E-state index in [4.69, 9.17) is 9.15 Å². The number of nitrogens with one attached hydrogen (secondary N) is 1. The van der Waals surface area contributed by atoms with E-state index in [0.717, 1.165) is 17.5 Å². The van der Waals surface area contributed by atoms with Crippen LogP contribution in [0.25, 0.3) is 0 Å². The van der Waals surface area contributed by atoms with Crippen LogP contribution < -0.4 is 5.32 Å². The van der Waals surface area contributed by atoms with Crippen LogP contribution in [0.1, 0.15) is 47.7 Å². The molecular formula is C22H24N4O4. The van der Waals surface area contributed by atoms with Gasteiger partial charge in [-0.3, -0.25) is 14.7 Å². The van der Waals surface area contributed by atoms with Gasteiger partial charge in [0.05, 0.1) is 6.04 Å². The quantitative estimate of drug-likeness (QED) is 0.668. The predicted octanol–water partition coefficient (Wildman–Crippen LogP) is 3.72. The normalized spacial score (nSPS) is 15.7. The highest BCUT2D eigenvalue weighted by Crippen LogP contribution is 2.34. The molecule has 1 atom stereocenters. The molecule has 2 aromatic heterocycles. The third-order valence-electron chi connectivity index (χ3n) is 4.98. The van der Waals surface area contributed by atoms with Crippen molar-refractivity contribution in [1.82, 2.24) is 20.2 Å². The highest BCUT2D eigenvalue weighted by molar-refractivity contribution is 5.93. The summed E-state index contributed by atoms with van der Waals surface area (Å²) in [4.78, 5) is 35.0. The number of benzene rings is 1. The standard InChI is InChI=1S/C22H22N4O4.H2/c27-21(24-13-17-8-4-10-23-12-17)19-20(30-15-25-19)18-9-5-11-26(18)22(28)29-14-16-6-2-1-3-7-16;/h1-4,6-8,10,12,15,18H,5,9,11,13-14H2,(H,24,27);1H/t18-;/m0./s1. The molecule has 1 saturated heterocycles. The predicted molar refractivity (Wildman–Crippen MR) is 109 cm³/mol. The summed E-state index contributed by atoms with van der Waals surface area (Å²) in [6.45, 7) is 1.06. The van der Waals surface area contributed by atoms with E-state index in [1.54, 1.807) is 23.4 Å². The Bertz CT molecular complexity index is 997. The van der Waals surface area contributed by atoms with Crippen molar-refractivity contribution in [1.29, 1.82) is 0 Å². The number of hydrogen-bond acceptors (Lipinski definition) is 6. The smallest absolute Gasteiger partial charge is 0.410 e. The summed E-state index contributed by atoms with van der Waals surface area (Å²) < 4.78 is 11.0. The first-order valence-corrected chi connectivity index (χ1v) is 9.80. The zero-order valence-electron chi connectivity index (χ0n) is 16.4. The second kappa shape index (κ2) is 9.21. The number of oxazole rings is 1. The van der Waals surface area contributed by atoms with E-state index in [2.05, 4.69) is 15.3 Å². The van der Waals surface area contributed by atoms with Gasteiger partial charge in [-0.25, -0.2) is 9.78 Å². The molecule has 0 unspecified atom stereocenters. The highest BCUT2D eigenvalue weighted by Gasteiger charge is 2.36. The molecule has 0 radical (unpaired) electrons. The fourth-order valence-electron chi connectivity index (χ4n) is 3.49. The van der Waals surface area contributed by atoms with Crippen molar-refractivity contribution in [2.24, 2.45) is 0 Å². The van der Waals surface area contributed by atoms with Gasteiger partial charge in [0.15, 0.2) is 17.8 Å². The van der Waals surface area contributed by atoms with Gasteiger partial charge >= 0.3 is 6.09 Å². The minimum absolute atomic E-state index is 0. The molecule has 156 valence electrons. The Morgan fingerprint density at radius 1 is 1.20 bits per heavy atom. The zero-order valence-corrected chi connectivity index (χ0v) is 16.4. The second-order valence-electron chi connectivity index (χ2n) is 7.00. The Kier molecular flexibility index (Phi) is 6.03. The van der Waals surface area contributed by atoms with Crippen LogP contribution in [0.3, 0.4) is 0 Å². The lowest BCUT2D eigenvalue weighted by molar-refractivity contribution is 0.0864. The van der Waals surface area contributed by atoms with Gasteiger partial charge in [0.2, 0.25) is 0 Å². The van der Waals surface area contributed by atoms with Crippen LogP contribution >= 0.6 is 0 Å². The summed E-state index contributed by atoms with van der Waals surface area (Å²) in [5, 5.41) is 2.82. The minimum atomic E-state index is -0.431. The SMILES string of the molecule is O=C(NCc1cccnc1)c1ncoc1[C@@H]1CCCN1C(=O)OCc1ccccc1.[HH]. The van der Waals surface area contributed by atoms with E-state index in [-0.39, 0.29) is 25.7 Å². The molecule has 1 aliphatic rings. The third kappa shape index (κ3) is 4.48. The van der Waals surface area contributed by atoms with Gasteiger partial charge in [0, 0.05) is 26.9 Å². The van der Waals surface area contributed by atoms with E-state index >= 15 is 0 Å². The Labute approximate surface area is 175 Å². The molecule has 3 heterocycles. The summed E-state index contributed by atoms with van der Waals surface area (Å²) in [7, 11) is 0. The van der Waals surface area contributed by atoms with Gasteiger partial charge < -0.3 is 14.5 Å². The van der Waals surface area contributed by atoms with Crippen LogP contribution in [0.2, 0.25) is 0 Å². The molecule has 3 aromatic rings. The van der Waals surface area contributed by atoms with E-state index in [1.807, 2.05) is 36.4 Å². The van der Waals surface area contributed by atoms with Crippen LogP contribution in [0.15, 0.2) is 65.7 Å². The first-order chi connectivity index (χ1) is 14.7. The molecule has 4 rings (SSSR count). The van der Waals surface area contributed by atoms with Gasteiger partial charge in [0.1, 0.15) is 6.61 Å². The number of nitrogens with zero attached hydrogens (tertiary/aromatic N) is 3.